The van der Waals surface area contributed by atoms with Gasteiger partial charge in [-0.3, -0.25) is 14.4 Å². The number of ether oxygens (including phenoxy) is 1. The summed E-state index contributed by atoms with van der Waals surface area (Å²) in [5, 5.41) is 4.47. The molecule has 1 unspecified atom stereocenters. The summed E-state index contributed by atoms with van der Waals surface area (Å²) in [5.41, 5.74) is 1.74. The van der Waals surface area contributed by atoms with Gasteiger partial charge < -0.3 is 20.3 Å². The van der Waals surface area contributed by atoms with Crippen molar-refractivity contribution in [2.24, 2.45) is 0 Å². The summed E-state index contributed by atoms with van der Waals surface area (Å²) in [5.74, 6) is -1.10. The van der Waals surface area contributed by atoms with Crippen molar-refractivity contribution >= 4 is 35.0 Å². The van der Waals surface area contributed by atoms with E-state index in [4.69, 9.17) is 16.3 Å². The molecular weight excluding hydrogens is 358 g/mol. The van der Waals surface area contributed by atoms with Gasteiger partial charge in [-0.25, -0.2) is 0 Å². The number of nitrogens with zero attached hydrogens (tertiary/aromatic N) is 1. The topological polar surface area (TPSA) is 87.7 Å². The number of hydrogen-bond acceptors (Lipinski definition) is 4. The molecule has 1 aromatic carbocycles. The third-order valence-corrected chi connectivity index (χ3v) is 3.73. The lowest BCUT2D eigenvalue weighted by Crippen LogP contribution is -2.45. The van der Waals surface area contributed by atoms with Gasteiger partial charge in [-0.15, -0.1) is 11.6 Å². The zero-order chi connectivity index (χ0) is 19.5. The second-order valence-corrected chi connectivity index (χ2v) is 6.57. The maximum Gasteiger partial charge on any atom is 0.243 e. The smallest absolute Gasteiger partial charge is 0.243 e. The number of carbonyl (C=O) groups excluding carboxylic acids is 3. The minimum Gasteiger partial charge on any atom is -0.385 e. The molecule has 26 heavy (non-hydrogen) atoms. The van der Waals surface area contributed by atoms with E-state index in [1.54, 1.807) is 26.2 Å². The van der Waals surface area contributed by atoms with Crippen LogP contribution in [0.1, 0.15) is 18.9 Å². The molecule has 0 aromatic heterocycles. The van der Waals surface area contributed by atoms with Gasteiger partial charge in [0.1, 0.15) is 5.38 Å². The number of amides is 3. The van der Waals surface area contributed by atoms with E-state index in [-0.39, 0.29) is 24.9 Å². The Bertz CT molecular complexity index is 605. The second kappa shape index (κ2) is 11.5. The van der Waals surface area contributed by atoms with E-state index < -0.39 is 11.3 Å². The number of rotatable bonds is 10. The lowest BCUT2D eigenvalue weighted by Gasteiger charge is -2.23. The van der Waals surface area contributed by atoms with Crippen molar-refractivity contribution in [1.29, 1.82) is 0 Å². The van der Waals surface area contributed by atoms with E-state index in [1.807, 2.05) is 19.1 Å². The summed E-state index contributed by atoms with van der Waals surface area (Å²) >= 11 is 5.83. The first kappa shape index (κ1) is 21.9. The van der Waals surface area contributed by atoms with Crippen LogP contribution in [-0.4, -0.2) is 61.3 Å². The average molecular weight is 384 g/mol. The molecule has 0 aliphatic rings. The quantitative estimate of drug-likeness (QED) is 0.474. The maximum atomic E-state index is 12.1. The predicted octanol–water partition coefficient (Wildman–Crippen LogP) is 1.54. The first-order valence-electron chi connectivity index (χ1n) is 8.38. The van der Waals surface area contributed by atoms with Crippen LogP contribution in [0.4, 0.5) is 5.69 Å². The minimum absolute atomic E-state index is 0.155. The molecule has 1 atom stereocenters. The highest BCUT2D eigenvalue weighted by molar-refractivity contribution is 6.30. The fraction of sp³-hybridized carbons (Fsp3) is 0.500. The molecule has 0 bridgehead atoms. The van der Waals surface area contributed by atoms with Gasteiger partial charge in [0.15, 0.2) is 0 Å². The van der Waals surface area contributed by atoms with Crippen molar-refractivity contribution in [3.8, 4) is 0 Å². The Morgan fingerprint density at radius 2 is 1.85 bits per heavy atom. The van der Waals surface area contributed by atoms with Crippen LogP contribution in [0.15, 0.2) is 24.3 Å². The molecule has 0 aliphatic carbocycles. The van der Waals surface area contributed by atoms with Crippen LogP contribution in [0.25, 0.3) is 0 Å². The van der Waals surface area contributed by atoms with Crippen LogP contribution in [0, 0.1) is 6.92 Å². The van der Waals surface area contributed by atoms with E-state index in [2.05, 4.69) is 10.6 Å². The highest BCUT2D eigenvalue weighted by Crippen LogP contribution is 2.08. The number of halogens is 1. The lowest BCUT2D eigenvalue weighted by molar-refractivity contribution is -0.135. The Kier molecular flexibility index (Phi) is 9.69. The molecule has 0 radical (unpaired) electrons. The second-order valence-electron chi connectivity index (χ2n) is 5.91. The van der Waals surface area contributed by atoms with E-state index in [0.717, 1.165) is 5.56 Å². The summed E-state index contributed by atoms with van der Waals surface area (Å²) in [4.78, 5) is 37.4. The zero-order valence-electron chi connectivity index (χ0n) is 15.4. The van der Waals surface area contributed by atoms with E-state index >= 15 is 0 Å². The Balaban J connectivity index is 2.46. The van der Waals surface area contributed by atoms with Crippen LogP contribution in [0.3, 0.4) is 0 Å². The largest absolute Gasteiger partial charge is 0.385 e. The number of nitrogens with one attached hydrogen (secondary N) is 2. The van der Waals surface area contributed by atoms with Crippen molar-refractivity contribution in [2.75, 3.05) is 38.7 Å². The molecule has 7 nitrogen and oxygen atoms in total. The Morgan fingerprint density at radius 3 is 2.42 bits per heavy atom. The lowest BCUT2D eigenvalue weighted by atomic mass is 10.2. The molecule has 0 saturated heterocycles. The molecule has 0 saturated carbocycles. The van der Waals surface area contributed by atoms with Gasteiger partial charge in [-0.1, -0.05) is 17.7 Å². The normalized spacial score (nSPS) is 11.5. The van der Waals surface area contributed by atoms with Gasteiger partial charge in [-0.05, 0) is 32.4 Å². The van der Waals surface area contributed by atoms with Crippen molar-refractivity contribution in [3.63, 3.8) is 0 Å². The fourth-order valence-corrected chi connectivity index (χ4v) is 2.31. The Labute approximate surface area is 159 Å². The molecule has 2 N–H and O–H groups in total. The first-order valence-corrected chi connectivity index (χ1v) is 8.82. The van der Waals surface area contributed by atoms with Gasteiger partial charge in [0.05, 0.1) is 13.1 Å². The van der Waals surface area contributed by atoms with Gasteiger partial charge in [-0.2, -0.15) is 0 Å². The van der Waals surface area contributed by atoms with E-state index in [0.29, 0.717) is 25.3 Å². The van der Waals surface area contributed by atoms with Crippen LogP contribution < -0.4 is 10.6 Å². The molecule has 1 rings (SSSR count). The molecular formula is C18H26ClN3O4. The Morgan fingerprint density at radius 1 is 1.19 bits per heavy atom. The van der Waals surface area contributed by atoms with Crippen molar-refractivity contribution in [1.82, 2.24) is 10.2 Å². The predicted molar refractivity (Wildman–Crippen MR) is 101 cm³/mol. The van der Waals surface area contributed by atoms with Crippen molar-refractivity contribution in [2.45, 2.75) is 25.6 Å². The molecule has 8 heteroatoms. The number of benzene rings is 1. The highest BCUT2D eigenvalue weighted by atomic mass is 35.5. The Hall–Kier alpha value is -2.12. The molecule has 0 spiro atoms. The summed E-state index contributed by atoms with van der Waals surface area (Å²) in [6, 6.07) is 7.33. The summed E-state index contributed by atoms with van der Waals surface area (Å²) < 4.78 is 4.96. The van der Waals surface area contributed by atoms with Gasteiger partial charge >= 0.3 is 0 Å². The van der Waals surface area contributed by atoms with Gasteiger partial charge in [0, 0.05) is 25.9 Å². The van der Waals surface area contributed by atoms with Crippen LogP contribution in [0.2, 0.25) is 0 Å². The molecule has 144 valence electrons. The number of anilines is 1. The molecule has 0 aliphatic heterocycles. The van der Waals surface area contributed by atoms with E-state index in [9.17, 15) is 14.4 Å². The van der Waals surface area contributed by atoms with Crippen LogP contribution in [-0.2, 0) is 19.1 Å². The summed E-state index contributed by atoms with van der Waals surface area (Å²) in [6.07, 6.45) is 0.590. The van der Waals surface area contributed by atoms with Crippen LogP contribution >= 0.6 is 11.6 Å². The molecule has 0 heterocycles. The molecule has 1 aromatic rings. The summed E-state index contributed by atoms with van der Waals surface area (Å²) in [6.45, 7) is 4.00. The average Bonchev–Trinajstić information content (AvgIpc) is 2.60. The molecule has 3 amide bonds. The third-order valence-electron chi connectivity index (χ3n) is 3.54. The van der Waals surface area contributed by atoms with Gasteiger partial charge in [0.25, 0.3) is 0 Å². The SMILES string of the molecule is COCCCN(CC(=O)NCC(=O)Nc1ccc(C)cc1)C(=O)C(C)Cl. The van der Waals surface area contributed by atoms with Crippen LogP contribution in [0.5, 0.6) is 0 Å². The number of hydrogen-bond donors (Lipinski definition) is 2. The van der Waals surface area contributed by atoms with Gasteiger partial charge in [0.2, 0.25) is 17.7 Å². The molecule has 0 fully saturated rings. The number of methoxy groups -OCH3 is 1. The van der Waals surface area contributed by atoms with Crippen molar-refractivity contribution < 1.29 is 19.1 Å². The van der Waals surface area contributed by atoms with E-state index in [1.165, 1.54) is 4.90 Å². The highest BCUT2D eigenvalue weighted by Gasteiger charge is 2.21. The minimum atomic E-state index is -0.727. The monoisotopic (exact) mass is 383 g/mol. The third kappa shape index (κ3) is 8.31. The number of carbonyl (C=O) groups is 3. The fourth-order valence-electron chi connectivity index (χ4n) is 2.17. The standard InChI is InChI=1S/C18H26ClN3O4/c1-13-5-7-15(8-6-13)21-16(23)11-20-17(24)12-22(9-4-10-26-3)18(25)14(2)19/h5-8,14H,4,9-12H2,1-3H3,(H,20,24)(H,21,23). The maximum absolute atomic E-state index is 12.1. The zero-order valence-corrected chi connectivity index (χ0v) is 16.1. The first-order chi connectivity index (χ1) is 12.3. The van der Waals surface area contributed by atoms with Crippen molar-refractivity contribution in [3.05, 3.63) is 29.8 Å². The number of alkyl halides is 1. The number of aryl methyl sites for hydroxylation is 1. The summed E-state index contributed by atoms with van der Waals surface area (Å²) in [7, 11) is 1.57.